The molecule has 0 radical (unpaired) electrons. The van der Waals surface area contributed by atoms with E-state index in [4.69, 9.17) is 23.2 Å². The van der Waals surface area contributed by atoms with E-state index in [1.165, 1.54) is 0 Å². The summed E-state index contributed by atoms with van der Waals surface area (Å²) in [5, 5.41) is 0. The van der Waals surface area contributed by atoms with Crippen molar-refractivity contribution in [3.8, 4) is 0 Å². The van der Waals surface area contributed by atoms with Gasteiger partial charge in [-0.05, 0) is 53.9 Å². The largest absolute Gasteiger partial charge is 0.279 e. The van der Waals surface area contributed by atoms with Gasteiger partial charge in [-0.1, -0.05) is 55.5 Å². The van der Waals surface area contributed by atoms with Gasteiger partial charge in [0.05, 0.1) is 11.8 Å². The van der Waals surface area contributed by atoms with Crippen LogP contribution in [0.4, 0.5) is 0 Å². The molecular weight excluding hydrogens is 417 g/mol. The Hall–Kier alpha value is -1.84. The highest BCUT2D eigenvalue weighted by Gasteiger charge is 2.73. The van der Waals surface area contributed by atoms with E-state index in [2.05, 4.69) is 6.92 Å². The van der Waals surface area contributed by atoms with Crippen LogP contribution >= 0.6 is 23.2 Å². The minimum Gasteiger partial charge on any atom is -0.279 e. The second-order valence-corrected chi connectivity index (χ2v) is 10.6. The average Bonchev–Trinajstić information content (AvgIpc) is 3.04. The lowest BCUT2D eigenvalue weighted by molar-refractivity contribution is -0.143. The second kappa shape index (κ2) is 6.11. The summed E-state index contributed by atoms with van der Waals surface area (Å²) < 4.78 is 0. The van der Waals surface area contributed by atoms with Crippen molar-refractivity contribution < 1.29 is 9.59 Å². The van der Waals surface area contributed by atoms with E-state index in [1.54, 1.807) is 4.90 Å². The number of carbonyl (C=O) groups excluding carboxylic acids is 2. The number of benzene rings is 2. The van der Waals surface area contributed by atoms with E-state index in [1.807, 2.05) is 48.5 Å². The first-order valence-electron chi connectivity index (χ1n) is 10.8. The highest BCUT2D eigenvalue weighted by molar-refractivity contribution is 6.36. The van der Waals surface area contributed by atoms with Gasteiger partial charge in [0.15, 0.2) is 0 Å². The zero-order valence-electron chi connectivity index (χ0n) is 16.8. The first kappa shape index (κ1) is 18.9. The number of alkyl halides is 2. The van der Waals surface area contributed by atoms with Crippen LogP contribution in [0, 0.1) is 17.8 Å². The zero-order valence-corrected chi connectivity index (χ0v) is 18.3. The van der Waals surface area contributed by atoms with E-state index in [0.717, 1.165) is 47.9 Å². The molecule has 7 rings (SSSR count). The van der Waals surface area contributed by atoms with E-state index >= 15 is 0 Å². The highest BCUT2D eigenvalue weighted by atomic mass is 35.5. The Morgan fingerprint density at radius 1 is 0.733 bits per heavy atom. The summed E-state index contributed by atoms with van der Waals surface area (Å²) in [6.45, 7) is 2.23. The van der Waals surface area contributed by atoms with Gasteiger partial charge in [-0.15, -0.1) is 23.2 Å². The Balaban J connectivity index is 1.58. The molecule has 3 nitrogen and oxygen atoms in total. The maximum absolute atomic E-state index is 13.8. The van der Waals surface area contributed by atoms with Crippen LogP contribution in [0.2, 0.25) is 0 Å². The second-order valence-electron chi connectivity index (χ2n) is 9.43. The highest BCUT2D eigenvalue weighted by Crippen LogP contribution is 2.69. The fourth-order valence-electron chi connectivity index (χ4n) is 6.55. The molecule has 0 spiro atoms. The number of rotatable bonds is 1. The molecule has 1 aliphatic heterocycles. The smallest absolute Gasteiger partial charge is 0.235 e. The quantitative estimate of drug-likeness (QED) is 0.454. The summed E-state index contributed by atoms with van der Waals surface area (Å²) in [6.07, 6.45) is 3.80. The molecule has 2 fully saturated rings. The third-order valence-electron chi connectivity index (χ3n) is 7.97. The maximum atomic E-state index is 13.8. The lowest BCUT2D eigenvalue weighted by Gasteiger charge is -2.54. The predicted molar refractivity (Wildman–Crippen MR) is 116 cm³/mol. The van der Waals surface area contributed by atoms with Gasteiger partial charge < -0.3 is 0 Å². The molecule has 0 unspecified atom stereocenters. The van der Waals surface area contributed by atoms with Crippen molar-refractivity contribution in [3.63, 3.8) is 0 Å². The lowest BCUT2D eigenvalue weighted by atomic mass is 9.54. The third kappa shape index (κ3) is 2.04. The van der Waals surface area contributed by atoms with Crippen LogP contribution in [-0.2, 0) is 19.3 Å². The molecule has 2 amide bonds. The summed E-state index contributed by atoms with van der Waals surface area (Å²) in [5.74, 6) is -0.997. The molecule has 2 bridgehead atoms. The Morgan fingerprint density at radius 2 is 1.10 bits per heavy atom. The van der Waals surface area contributed by atoms with Crippen molar-refractivity contribution in [2.24, 2.45) is 17.8 Å². The van der Waals surface area contributed by atoms with Crippen LogP contribution < -0.4 is 0 Å². The number of amides is 2. The number of likely N-dealkylation sites (tertiary alicyclic amines) is 1. The fourth-order valence-corrected chi connectivity index (χ4v) is 7.65. The van der Waals surface area contributed by atoms with Crippen molar-refractivity contribution in [1.82, 2.24) is 4.90 Å². The standard InChI is InChI=1S/C25H23Cl2NO2/c1-14-10-12-15(13-11-14)28-22(29)20-21(23(28)30)25(27)17-7-3-2-6-16(17)24(20,26)18-8-4-5-9-19(18)25/h2-9,14-15,20-21H,10-13H2,1H3/t14?,15?,20-,21-,24?,25?/m1/s1. The summed E-state index contributed by atoms with van der Waals surface area (Å²) in [5.41, 5.74) is 3.45. The minimum atomic E-state index is -1.07. The fraction of sp³-hybridized carbons (Fsp3) is 0.440. The molecule has 0 N–H and O–H groups in total. The molecule has 5 heteroatoms. The first-order valence-corrected chi connectivity index (χ1v) is 11.6. The maximum Gasteiger partial charge on any atom is 0.235 e. The van der Waals surface area contributed by atoms with Gasteiger partial charge in [0.2, 0.25) is 11.8 Å². The predicted octanol–water partition coefficient (Wildman–Crippen LogP) is 5.16. The Labute approximate surface area is 186 Å². The molecule has 154 valence electrons. The van der Waals surface area contributed by atoms with E-state index in [-0.39, 0.29) is 17.9 Å². The number of halogens is 2. The lowest BCUT2D eigenvalue weighted by Crippen LogP contribution is -2.57. The van der Waals surface area contributed by atoms with Gasteiger partial charge >= 0.3 is 0 Å². The normalized spacial score (nSPS) is 39.0. The van der Waals surface area contributed by atoms with Crippen molar-refractivity contribution in [2.45, 2.75) is 48.4 Å². The third-order valence-corrected chi connectivity index (χ3v) is 9.25. The number of nitrogens with zero attached hydrogens (tertiary/aromatic N) is 1. The van der Waals surface area contributed by atoms with Crippen LogP contribution in [0.15, 0.2) is 48.5 Å². The average molecular weight is 440 g/mol. The van der Waals surface area contributed by atoms with E-state index in [9.17, 15) is 9.59 Å². The van der Waals surface area contributed by atoms with Crippen LogP contribution in [0.25, 0.3) is 0 Å². The summed E-state index contributed by atoms with van der Waals surface area (Å²) in [7, 11) is 0. The number of carbonyl (C=O) groups is 2. The number of imide groups is 1. The van der Waals surface area contributed by atoms with Crippen LogP contribution in [-0.4, -0.2) is 22.8 Å². The van der Waals surface area contributed by atoms with Crippen LogP contribution in [0.5, 0.6) is 0 Å². The zero-order chi connectivity index (χ0) is 20.8. The summed E-state index contributed by atoms with van der Waals surface area (Å²) in [4.78, 5) is 27.1. The molecule has 5 aliphatic rings. The molecule has 1 heterocycles. The van der Waals surface area contributed by atoms with Gasteiger partial charge in [-0.3, -0.25) is 14.5 Å². The molecule has 0 aromatic heterocycles. The molecule has 2 atom stereocenters. The van der Waals surface area contributed by atoms with Crippen LogP contribution in [0.3, 0.4) is 0 Å². The van der Waals surface area contributed by atoms with Gasteiger partial charge in [0.25, 0.3) is 0 Å². The van der Waals surface area contributed by atoms with Gasteiger partial charge in [0.1, 0.15) is 9.75 Å². The Morgan fingerprint density at radius 3 is 1.47 bits per heavy atom. The van der Waals surface area contributed by atoms with Gasteiger partial charge in [0, 0.05) is 6.04 Å². The molecule has 2 aromatic rings. The van der Waals surface area contributed by atoms with Crippen molar-refractivity contribution in [2.75, 3.05) is 0 Å². The molecule has 30 heavy (non-hydrogen) atoms. The molecule has 2 aromatic carbocycles. The van der Waals surface area contributed by atoms with E-state index < -0.39 is 21.6 Å². The summed E-state index contributed by atoms with van der Waals surface area (Å²) >= 11 is 14.9. The minimum absolute atomic E-state index is 0.0436. The Bertz CT molecular complexity index is 967. The first-order chi connectivity index (χ1) is 14.4. The Kier molecular flexibility index (Phi) is 3.85. The topological polar surface area (TPSA) is 37.4 Å². The van der Waals surface area contributed by atoms with Gasteiger partial charge in [-0.2, -0.15) is 0 Å². The number of hydrogen-bond acceptors (Lipinski definition) is 2. The molecule has 1 saturated heterocycles. The molecule has 1 saturated carbocycles. The van der Waals surface area contributed by atoms with Crippen molar-refractivity contribution in [3.05, 3.63) is 70.8 Å². The molecule has 4 aliphatic carbocycles. The van der Waals surface area contributed by atoms with Crippen molar-refractivity contribution >= 4 is 35.0 Å². The van der Waals surface area contributed by atoms with Gasteiger partial charge in [-0.25, -0.2) is 0 Å². The number of hydrogen-bond donors (Lipinski definition) is 0. The summed E-state index contributed by atoms with van der Waals surface area (Å²) in [6, 6.07) is 15.6. The van der Waals surface area contributed by atoms with Crippen LogP contribution in [0.1, 0.15) is 54.9 Å². The molecular formula is C25H23Cl2NO2. The van der Waals surface area contributed by atoms with Crippen molar-refractivity contribution in [1.29, 1.82) is 0 Å². The monoisotopic (exact) mass is 439 g/mol. The van der Waals surface area contributed by atoms with E-state index in [0.29, 0.717) is 5.92 Å². The SMILES string of the molecule is CC1CCC(N2C(=O)[C@H]3[C@H](C2=O)C2(Cl)c4ccccc4C3(Cl)c3ccccc32)CC1.